The van der Waals surface area contributed by atoms with Crippen molar-refractivity contribution in [2.45, 2.75) is 39.0 Å². The van der Waals surface area contributed by atoms with Gasteiger partial charge >= 0.3 is 5.97 Å². The zero-order chi connectivity index (χ0) is 12.0. The number of unbranched alkanes of at least 4 members (excludes halogenated alkanes) is 2. The Kier molecular flexibility index (Phi) is 5.04. The lowest BCUT2D eigenvalue weighted by Crippen LogP contribution is -2.25. The minimum Gasteiger partial charge on any atom is -0.468 e. The van der Waals surface area contributed by atoms with E-state index >= 15 is 0 Å². The van der Waals surface area contributed by atoms with Crippen molar-refractivity contribution in [3.05, 3.63) is 0 Å². The first-order valence-electron chi connectivity index (χ1n) is 5.79. The largest absolute Gasteiger partial charge is 0.468 e. The third kappa shape index (κ3) is 3.10. The summed E-state index contributed by atoms with van der Waals surface area (Å²) in [5, 5.41) is 0. The smallest absolute Gasteiger partial charge is 0.317 e. The Morgan fingerprint density at radius 1 is 1.56 bits per heavy atom. The number of ketones is 1. The van der Waals surface area contributed by atoms with Crippen LogP contribution in [0.15, 0.2) is 0 Å². The summed E-state index contributed by atoms with van der Waals surface area (Å²) in [4.78, 5) is 22.9. The molecule has 0 bridgehead atoms. The molecule has 0 heterocycles. The van der Waals surface area contributed by atoms with Gasteiger partial charge in [-0.3, -0.25) is 9.59 Å². The minimum atomic E-state index is -0.640. The number of esters is 1. The van der Waals surface area contributed by atoms with Crippen molar-refractivity contribution in [1.29, 1.82) is 0 Å². The van der Waals surface area contributed by atoms with Crippen LogP contribution in [0.3, 0.4) is 0 Å². The van der Waals surface area contributed by atoms with Gasteiger partial charge in [0.05, 0.1) is 7.11 Å². The van der Waals surface area contributed by atoms with Gasteiger partial charge in [-0.15, -0.1) is 5.92 Å². The molecule has 0 saturated heterocycles. The van der Waals surface area contributed by atoms with E-state index in [1.54, 1.807) is 0 Å². The molecule has 0 radical (unpaired) electrons. The molecule has 0 aromatic heterocycles. The lowest BCUT2D eigenvalue weighted by Gasteiger charge is -2.09. The average Bonchev–Trinajstić information content (AvgIpc) is 2.65. The highest BCUT2D eigenvalue weighted by molar-refractivity contribution is 6.01. The van der Waals surface area contributed by atoms with Crippen LogP contribution in [0, 0.1) is 23.7 Å². The number of hydrogen-bond donors (Lipinski definition) is 0. The maximum atomic E-state index is 11.5. The van der Waals surface area contributed by atoms with E-state index in [-0.39, 0.29) is 11.7 Å². The Morgan fingerprint density at radius 2 is 2.31 bits per heavy atom. The van der Waals surface area contributed by atoms with Crippen molar-refractivity contribution in [1.82, 2.24) is 0 Å². The lowest BCUT2D eigenvalue weighted by atomic mass is 9.96. The van der Waals surface area contributed by atoms with Crippen molar-refractivity contribution in [3.8, 4) is 11.8 Å². The molecule has 2 unspecified atom stereocenters. The van der Waals surface area contributed by atoms with Crippen LogP contribution < -0.4 is 0 Å². The zero-order valence-corrected chi connectivity index (χ0v) is 9.91. The van der Waals surface area contributed by atoms with Crippen LogP contribution in [0.5, 0.6) is 0 Å². The second kappa shape index (κ2) is 6.32. The van der Waals surface area contributed by atoms with Gasteiger partial charge in [0.2, 0.25) is 0 Å². The maximum absolute atomic E-state index is 11.5. The highest BCUT2D eigenvalue weighted by Gasteiger charge is 2.39. The molecule has 1 aliphatic carbocycles. The fourth-order valence-corrected chi connectivity index (χ4v) is 1.89. The summed E-state index contributed by atoms with van der Waals surface area (Å²) in [5.74, 6) is 4.86. The molecular weight excluding hydrogens is 204 g/mol. The number of hydrogen-bond acceptors (Lipinski definition) is 3. The first-order chi connectivity index (χ1) is 7.70. The van der Waals surface area contributed by atoms with Crippen molar-refractivity contribution in [3.63, 3.8) is 0 Å². The number of methoxy groups -OCH3 is 1. The SMILES string of the molecule is CCCCC#CC1CCC(=O)C1C(=O)OC. The van der Waals surface area contributed by atoms with Crippen molar-refractivity contribution >= 4 is 11.8 Å². The van der Waals surface area contributed by atoms with E-state index in [2.05, 4.69) is 23.5 Å². The van der Waals surface area contributed by atoms with Crippen molar-refractivity contribution in [2.24, 2.45) is 11.8 Å². The van der Waals surface area contributed by atoms with Gasteiger partial charge in [-0.1, -0.05) is 19.3 Å². The maximum Gasteiger partial charge on any atom is 0.317 e. The first-order valence-corrected chi connectivity index (χ1v) is 5.79. The molecule has 1 saturated carbocycles. The molecular formula is C13H18O3. The van der Waals surface area contributed by atoms with E-state index in [1.807, 2.05) is 0 Å². The molecule has 0 aromatic rings. The second-order valence-corrected chi connectivity index (χ2v) is 4.04. The van der Waals surface area contributed by atoms with Gasteiger partial charge in [0.25, 0.3) is 0 Å². The molecule has 0 spiro atoms. The van der Waals surface area contributed by atoms with Gasteiger partial charge in [0.15, 0.2) is 0 Å². The van der Waals surface area contributed by atoms with Crippen LogP contribution in [-0.2, 0) is 14.3 Å². The van der Waals surface area contributed by atoms with E-state index in [0.29, 0.717) is 12.8 Å². The standard InChI is InChI=1S/C13H18O3/c1-3-4-5-6-7-10-8-9-11(14)12(10)13(15)16-2/h10,12H,3-5,8-9H2,1-2H3. The highest BCUT2D eigenvalue weighted by atomic mass is 16.5. The van der Waals surface area contributed by atoms with Crippen LogP contribution in [0.25, 0.3) is 0 Å². The molecule has 1 aliphatic rings. The van der Waals surface area contributed by atoms with Gasteiger partial charge in [-0.2, -0.15) is 0 Å². The zero-order valence-electron chi connectivity index (χ0n) is 9.91. The molecule has 88 valence electrons. The topological polar surface area (TPSA) is 43.4 Å². The number of ether oxygens (including phenoxy) is 1. The van der Waals surface area contributed by atoms with Crippen LogP contribution in [0.1, 0.15) is 39.0 Å². The third-order valence-corrected chi connectivity index (χ3v) is 2.85. The summed E-state index contributed by atoms with van der Waals surface area (Å²) >= 11 is 0. The van der Waals surface area contributed by atoms with Crippen molar-refractivity contribution < 1.29 is 14.3 Å². The number of rotatable bonds is 3. The Hall–Kier alpha value is -1.30. The van der Waals surface area contributed by atoms with Crippen molar-refractivity contribution in [2.75, 3.05) is 7.11 Å². The number of carbonyl (C=O) groups excluding carboxylic acids is 2. The van der Waals surface area contributed by atoms with E-state index < -0.39 is 11.9 Å². The third-order valence-electron chi connectivity index (χ3n) is 2.85. The Bertz CT molecular complexity index is 322. The molecule has 0 aliphatic heterocycles. The Morgan fingerprint density at radius 3 is 2.94 bits per heavy atom. The molecule has 16 heavy (non-hydrogen) atoms. The van der Waals surface area contributed by atoms with Gasteiger partial charge < -0.3 is 4.74 Å². The molecule has 1 rings (SSSR count). The van der Waals surface area contributed by atoms with Gasteiger partial charge in [-0.25, -0.2) is 0 Å². The highest BCUT2D eigenvalue weighted by Crippen LogP contribution is 2.29. The summed E-state index contributed by atoms with van der Waals surface area (Å²) < 4.78 is 4.63. The Labute approximate surface area is 96.5 Å². The summed E-state index contributed by atoms with van der Waals surface area (Å²) in [6.45, 7) is 2.11. The normalized spacial score (nSPS) is 23.8. The quantitative estimate of drug-likeness (QED) is 0.317. The summed E-state index contributed by atoms with van der Waals surface area (Å²) in [7, 11) is 1.31. The average molecular weight is 222 g/mol. The lowest BCUT2D eigenvalue weighted by molar-refractivity contribution is -0.149. The fraction of sp³-hybridized carbons (Fsp3) is 0.692. The monoisotopic (exact) mass is 222 g/mol. The number of carbonyl (C=O) groups is 2. The first kappa shape index (κ1) is 12.8. The van der Waals surface area contributed by atoms with Gasteiger partial charge in [-0.05, 0) is 12.8 Å². The predicted molar refractivity (Wildman–Crippen MR) is 60.5 cm³/mol. The second-order valence-electron chi connectivity index (χ2n) is 4.04. The van der Waals surface area contributed by atoms with Crippen LogP contribution in [0.4, 0.5) is 0 Å². The van der Waals surface area contributed by atoms with E-state index in [1.165, 1.54) is 7.11 Å². The van der Waals surface area contributed by atoms with E-state index in [0.717, 1.165) is 19.3 Å². The van der Waals surface area contributed by atoms with Gasteiger partial charge in [0, 0.05) is 18.8 Å². The summed E-state index contributed by atoms with van der Waals surface area (Å²) in [6, 6.07) is 0. The molecule has 0 N–H and O–H groups in total. The number of Topliss-reactive ketones (excluding diaryl/α,β-unsaturated/α-hetero) is 1. The van der Waals surface area contributed by atoms with Crippen LogP contribution >= 0.6 is 0 Å². The van der Waals surface area contributed by atoms with E-state index in [4.69, 9.17) is 0 Å². The van der Waals surface area contributed by atoms with Crippen LogP contribution in [-0.4, -0.2) is 18.9 Å². The summed E-state index contributed by atoms with van der Waals surface area (Å²) in [5.41, 5.74) is 0. The molecule has 0 amide bonds. The molecule has 3 nitrogen and oxygen atoms in total. The predicted octanol–water partition coefficient (Wildman–Crippen LogP) is 1.95. The molecule has 1 fully saturated rings. The molecule has 3 heteroatoms. The summed E-state index contributed by atoms with van der Waals surface area (Å²) in [6.07, 6.45) is 4.16. The molecule has 0 aromatic carbocycles. The van der Waals surface area contributed by atoms with Gasteiger partial charge in [0.1, 0.15) is 11.7 Å². The van der Waals surface area contributed by atoms with Crippen LogP contribution in [0.2, 0.25) is 0 Å². The minimum absolute atomic E-state index is 0.0263. The van der Waals surface area contributed by atoms with E-state index in [9.17, 15) is 9.59 Å². The Balaban J connectivity index is 2.60. The fourth-order valence-electron chi connectivity index (χ4n) is 1.89. The molecule has 2 atom stereocenters.